The van der Waals surface area contributed by atoms with Crippen molar-refractivity contribution in [1.29, 1.82) is 0 Å². The molecule has 0 atom stereocenters. The average molecular weight is 317 g/mol. The molecule has 5 heteroatoms. The Morgan fingerprint density at radius 2 is 2.14 bits per heavy atom. The second kappa shape index (κ2) is 4.97. The zero-order chi connectivity index (χ0) is 14.4. The molecule has 21 heavy (non-hydrogen) atoms. The van der Waals surface area contributed by atoms with E-state index in [4.69, 9.17) is 21.3 Å². The highest BCUT2D eigenvalue weighted by atomic mass is 35.5. The number of fused-ring (bicyclic) bond motifs is 3. The molecular formula is C16H13ClN2OS. The molecule has 106 valence electrons. The molecular weight excluding hydrogens is 304 g/mol. The summed E-state index contributed by atoms with van der Waals surface area (Å²) >= 11 is 8.19. The van der Waals surface area contributed by atoms with Gasteiger partial charge < -0.3 is 4.74 Å². The average Bonchev–Trinajstić information content (AvgIpc) is 3.07. The van der Waals surface area contributed by atoms with Crippen LogP contribution in [0, 0.1) is 0 Å². The predicted octanol–water partition coefficient (Wildman–Crippen LogP) is 4.51. The molecule has 0 bridgehead atoms. The molecule has 0 saturated heterocycles. The monoisotopic (exact) mass is 316 g/mol. The van der Waals surface area contributed by atoms with E-state index in [1.807, 2.05) is 24.3 Å². The smallest absolute Gasteiger partial charge is 0.162 e. The fraction of sp³-hybridized carbons (Fsp3) is 0.250. The molecule has 2 aromatic heterocycles. The van der Waals surface area contributed by atoms with E-state index in [9.17, 15) is 0 Å². The maximum absolute atomic E-state index is 6.44. The van der Waals surface area contributed by atoms with Crippen LogP contribution in [-0.2, 0) is 12.8 Å². The molecule has 4 rings (SSSR count). The van der Waals surface area contributed by atoms with Gasteiger partial charge in [-0.15, -0.1) is 11.3 Å². The highest BCUT2D eigenvalue weighted by molar-refractivity contribution is 7.19. The summed E-state index contributed by atoms with van der Waals surface area (Å²) in [7, 11) is 1.65. The van der Waals surface area contributed by atoms with E-state index in [-0.39, 0.29) is 0 Å². The Balaban J connectivity index is 1.90. The molecule has 0 unspecified atom stereocenters. The third-order valence-corrected chi connectivity index (χ3v) is 5.31. The summed E-state index contributed by atoms with van der Waals surface area (Å²) in [6, 6.07) is 7.74. The van der Waals surface area contributed by atoms with Crippen LogP contribution in [0.5, 0.6) is 5.75 Å². The lowest BCUT2D eigenvalue weighted by molar-refractivity contribution is 0.415. The first-order valence-corrected chi connectivity index (χ1v) is 8.08. The first-order chi connectivity index (χ1) is 10.3. The number of hydrogen-bond acceptors (Lipinski definition) is 4. The molecule has 1 aliphatic carbocycles. The van der Waals surface area contributed by atoms with Crippen molar-refractivity contribution in [3.05, 3.63) is 39.9 Å². The highest BCUT2D eigenvalue weighted by Crippen LogP contribution is 2.40. The minimum absolute atomic E-state index is 0.567. The standard InChI is InChI=1S/C16H13ClN2OS/c1-20-10-5-2-4-9(8-10)15-18-14(17)13-11-6-3-7-12(11)21-16(13)19-15/h2,4-5,8H,3,6-7H2,1H3. The lowest BCUT2D eigenvalue weighted by atomic mass is 10.2. The van der Waals surface area contributed by atoms with Crippen molar-refractivity contribution in [3.8, 4) is 17.1 Å². The van der Waals surface area contributed by atoms with Gasteiger partial charge in [-0.25, -0.2) is 9.97 Å². The number of methoxy groups -OCH3 is 1. The summed E-state index contributed by atoms with van der Waals surface area (Å²) in [5, 5.41) is 1.62. The highest BCUT2D eigenvalue weighted by Gasteiger charge is 2.21. The third kappa shape index (κ3) is 2.10. The Bertz CT molecular complexity index is 844. The summed E-state index contributed by atoms with van der Waals surface area (Å²) in [4.78, 5) is 11.6. The number of rotatable bonds is 2. The fourth-order valence-electron chi connectivity index (χ4n) is 2.84. The number of halogens is 1. The predicted molar refractivity (Wildman–Crippen MR) is 86.4 cm³/mol. The number of nitrogens with zero attached hydrogens (tertiary/aromatic N) is 2. The van der Waals surface area contributed by atoms with E-state index in [0.29, 0.717) is 11.0 Å². The van der Waals surface area contributed by atoms with Crippen LogP contribution in [0.25, 0.3) is 21.6 Å². The van der Waals surface area contributed by atoms with Crippen molar-refractivity contribution in [1.82, 2.24) is 9.97 Å². The minimum atomic E-state index is 0.567. The Morgan fingerprint density at radius 3 is 3.00 bits per heavy atom. The first-order valence-electron chi connectivity index (χ1n) is 6.88. The van der Waals surface area contributed by atoms with Crippen molar-refractivity contribution >= 4 is 33.2 Å². The molecule has 0 amide bonds. The quantitative estimate of drug-likeness (QED) is 0.652. The van der Waals surface area contributed by atoms with Gasteiger partial charge in [0.1, 0.15) is 15.7 Å². The van der Waals surface area contributed by atoms with E-state index in [0.717, 1.165) is 34.4 Å². The van der Waals surface area contributed by atoms with Crippen LogP contribution < -0.4 is 4.74 Å². The molecule has 1 aliphatic rings. The second-order valence-corrected chi connectivity index (χ2v) is 6.55. The normalized spacial score (nSPS) is 13.6. The number of aromatic nitrogens is 2. The first kappa shape index (κ1) is 13.0. The van der Waals surface area contributed by atoms with Gasteiger partial charge in [-0.05, 0) is 37.0 Å². The number of thiophene rings is 1. The Labute approximate surface area is 131 Å². The van der Waals surface area contributed by atoms with Crippen LogP contribution >= 0.6 is 22.9 Å². The summed E-state index contributed by atoms with van der Waals surface area (Å²) < 4.78 is 5.26. The molecule has 2 heterocycles. The lowest BCUT2D eigenvalue weighted by Crippen LogP contribution is -1.92. The molecule has 1 aromatic carbocycles. The number of hydrogen-bond donors (Lipinski definition) is 0. The third-order valence-electron chi connectivity index (χ3n) is 3.85. The molecule has 0 N–H and O–H groups in total. The Kier molecular flexibility index (Phi) is 3.08. The van der Waals surface area contributed by atoms with E-state index in [2.05, 4.69) is 4.98 Å². The van der Waals surface area contributed by atoms with Gasteiger partial charge in [0.25, 0.3) is 0 Å². The Hall–Kier alpha value is -1.65. The number of aryl methyl sites for hydroxylation is 2. The van der Waals surface area contributed by atoms with Gasteiger partial charge in [0.2, 0.25) is 0 Å². The summed E-state index contributed by atoms with van der Waals surface area (Å²) in [6.45, 7) is 0. The van der Waals surface area contributed by atoms with E-state index >= 15 is 0 Å². The SMILES string of the molecule is COc1cccc(-c2nc(Cl)c3c4c(sc3n2)CCC4)c1. The van der Waals surface area contributed by atoms with Crippen molar-refractivity contribution in [2.45, 2.75) is 19.3 Å². The number of benzene rings is 1. The minimum Gasteiger partial charge on any atom is -0.497 e. The van der Waals surface area contributed by atoms with Gasteiger partial charge >= 0.3 is 0 Å². The molecule has 0 fully saturated rings. The van der Waals surface area contributed by atoms with Crippen molar-refractivity contribution < 1.29 is 4.74 Å². The van der Waals surface area contributed by atoms with Crippen LogP contribution in [0.4, 0.5) is 0 Å². The van der Waals surface area contributed by atoms with Crippen molar-refractivity contribution in [2.75, 3.05) is 7.11 Å². The summed E-state index contributed by atoms with van der Waals surface area (Å²) in [5.74, 6) is 1.45. The molecule has 0 radical (unpaired) electrons. The van der Waals surface area contributed by atoms with Gasteiger partial charge in [0.05, 0.1) is 12.5 Å². The summed E-state index contributed by atoms with van der Waals surface area (Å²) in [6.07, 6.45) is 3.45. The summed E-state index contributed by atoms with van der Waals surface area (Å²) in [5.41, 5.74) is 2.28. The van der Waals surface area contributed by atoms with Crippen molar-refractivity contribution in [2.24, 2.45) is 0 Å². The molecule has 3 nitrogen and oxygen atoms in total. The van der Waals surface area contributed by atoms with Crippen molar-refractivity contribution in [3.63, 3.8) is 0 Å². The second-order valence-electron chi connectivity index (χ2n) is 5.11. The largest absolute Gasteiger partial charge is 0.497 e. The van der Waals surface area contributed by atoms with Gasteiger partial charge in [-0.1, -0.05) is 23.7 Å². The van der Waals surface area contributed by atoms with Gasteiger partial charge in [-0.3, -0.25) is 0 Å². The maximum atomic E-state index is 6.44. The zero-order valence-electron chi connectivity index (χ0n) is 11.5. The Morgan fingerprint density at radius 1 is 1.24 bits per heavy atom. The molecule has 0 aliphatic heterocycles. The molecule has 0 saturated carbocycles. The van der Waals surface area contributed by atoms with Crippen LogP contribution in [0.3, 0.4) is 0 Å². The zero-order valence-corrected chi connectivity index (χ0v) is 13.1. The van der Waals surface area contributed by atoms with E-state index < -0.39 is 0 Å². The molecule has 3 aromatic rings. The van der Waals surface area contributed by atoms with E-state index in [1.165, 1.54) is 16.9 Å². The van der Waals surface area contributed by atoms with E-state index in [1.54, 1.807) is 18.4 Å². The van der Waals surface area contributed by atoms with Gasteiger partial charge in [0.15, 0.2) is 5.82 Å². The molecule has 0 spiro atoms. The van der Waals surface area contributed by atoms with Crippen LogP contribution in [0.2, 0.25) is 5.15 Å². The topological polar surface area (TPSA) is 35.0 Å². The van der Waals surface area contributed by atoms with Gasteiger partial charge in [-0.2, -0.15) is 0 Å². The van der Waals surface area contributed by atoms with Crippen LogP contribution in [-0.4, -0.2) is 17.1 Å². The van der Waals surface area contributed by atoms with Crippen LogP contribution in [0.15, 0.2) is 24.3 Å². The number of ether oxygens (including phenoxy) is 1. The van der Waals surface area contributed by atoms with Crippen LogP contribution in [0.1, 0.15) is 16.9 Å². The maximum Gasteiger partial charge on any atom is 0.162 e. The van der Waals surface area contributed by atoms with Gasteiger partial charge in [0, 0.05) is 10.4 Å². The fourth-order valence-corrected chi connectivity index (χ4v) is 4.44. The lowest BCUT2D eigenvalue weighted by Gasteiger charge is -2.05.